The Balaban J connectivity index is 2.45. The molecule has 2 aromatic rings. The van der Waals surface area contributed by atoms with Crippen LogP contribution in [0.25, 0.3) is 11.0 Å². The summed E-state index contributed by atoms with van der Waals surface area (Å²) in [6.45, 7) is 8.54. The van der Waals surface area contributed by atoms with Gasteiger partial charge in [-0.05, 0) is 81.2 Å². The summed E-state index contributed by atoms with van der Waals surface area (Å²) in [6.07, 6.45) is 6.66. The first-order valence-electron chi connectivity index (χ1n) is 8.07. The lowest BCUT2D eigenvalue weighted by Crippen LogP contribution is -2.15. The predicted octanol–water partition coefficient (Wildman–Crippen LogP) is 4.69. The van der Waals surface area contributed by atoms with Crippen LogP contribution in [-0.4, -0.2) is 0 Å². The van der Waals surface area contributed by atoms with Crippen molar-refractivity contribution in [2.75, 3.05) is 0 Å². The Hall–Kier alpha value is -1.57. The lowest BCUT2D eigenvalue weighted by Gasteiger charge is -2.19. The Morgan fingerprint density at radius 2 is 1.29 bits per heavy atom. The molecular formula is C19H24O2. The zero-order valence-electron chi connectivity index (χ0n) is 13.6. The molecular weight excluding hydrogens is 260 g/mol. The highest BCUT2D eigenvalue weighted by molar-refractivity contribution is 5.89. The highest BCUT2D eigenvalue weighted by Gasteiger charge is 2.20. The molecule has 0 N–H and O–H groups in total. The number of hydrogen-bond acceptors (Lipinski definition) is 2. The summed E-state index contributed by atoms with van der Waals surface area (Å²) < 4.78 is 5.75. The smallest absolute Gasteiger partial charge is 0.339 e. The first kappa shape index (κ1) is 14.4. The molecule has 0 atom stereocenters. The van der Waals surface area contributed by atoms with Gasteiger partial charge in [0.2, 0.25) is 0 Å². The zero-order chi connectivity index (χ0) is 15.1. The topological polar surface area (TPSA) is 30.2 Å². The summed E-state index contributed by atoms with van der Waals surface area (Å²) in [4.78, 5) is 12.4. The largest absolute Gasteiger partial charge is 0.422 e. The predicted molar refractivity (Wildman–Crippen MR) is 87.3 cm³/mol. The average Bonchev–Trinajstić information content (AvgIpc) is 2.43. The third-order valence-corrected chi connectivity index (χ3v) is 5.34. The lowest BCUT2D eigenvalue weighted by atomic mass is 9.87. The van der Waals surface area contributed by atoms with Gasteiger partial charge in [0, 0.05) is 10.9 Å². The number of aryl methyl sites for hydroxylation is 3. The molecule has 0 amide bonds. The van der Waals surface area contributed by atoms with Crippen molar-refractivity contribution in [1.29, 1.82) is 0 Å². The quantitative estimate of drug-likeness (QED) is 0.657. The van der Waals surface area contributed by atoms with Crippen LogP contribution in [0.2, 0.25) is 0 Å². The molecule has 2 heteroatoms. The Labute approximate surface area is 126 Å². The average molecular weight is 284 g/mol. The van der Waals surface area contributed by atoms with Crippen molar-refractivity contribution in [1.82, 2.24) is 0 Å². The minimum atomic E-state index is -0.106. The van der Waals surface area contributed by atoms with Crippen LogP contribution in [0.15, 0.2) is 9.21 Å². The highest BCUT2D eigenvalue weighted by Crippen LogP contribution is 2.33. The Morgan fingerprint density at radius 1 is 0.714 bits per heavy atom. The summed E-state index contributed by atoms with van der Waals surface area (Å²) in [5, 5.41) is 1.21. The number of fused-ring (bicyclic) bond motifs is 3. The molecule has 0 radical (unpaired) electrons. The van der Waals surface area contributed by atoms with E-state index >= 15 is 0 Å². The van der Waals surface area contributed by atoms with Crippen LogP contribution >= 0.6 is 0 Å². The van der Waals surface area contributed by atoms with E-state index in [0.717, 1.165) is 36.0 Å². The fourth-order valence-corrected chi connectivity index (χ4v) is 3.68. The molecule has 1 heterocycles. The fourth-order valence-electron chi connectivity index (χ4n) is 3.68. The van der Waals surface area contributed by atoms with Crippen molar-refractivity contribution < 1.29 is 4.42 Å². The van der Waals surface area contributed by atoms with Gasteiger partial charge in [0.25, 0.3) is 0 Å². The summed E-state index contributed by atoms with van der Waals surface area (Å²) in [6, 6.07) is 0. The summed E-state index contributed by atoms with van der Waals surface area (Å²) in [5.74, 6) is 0. The van der Waals surface area contributed by atoms with Crippen molar-refractivity contribution >= 4 is 11.0 Å². The second-order valence-electron chi connectivity index (χ2n) is 6.46. The molecule has 0 bridgehead atoms. The lowest BCUT2D eigenvalue weighted by molar-refractivity contribution is 0.529. The molecule has 0 unspecified atom stereocenters. The van der Waals surface area contributed by atoms with Crippen molar-refractivity contribution in [3.05, 3.63) is 43.8 Å². The monoisotopic (exact) mass is 284 g/mol. The van der Waals surface area contributed by atoms with Gasteiger partial charge in [-0.25, -0.2) is 4.79 Å². The maximum atomic E-state index is 12.4. The maximum absolute atomic E-state index is 12.4. The van der Waals surface area contributed by atoms with Crippen molar-refractivity contribution in [3.63, 3.8) is 0 Å². The molecule has 0 fully saturated rings. The van der Waals surface area contributed by atoms with Crippen molar-refractivity contribution in [3.8, 4) is 0 Å². The number of hydrogen-bond donors (Lipinski definition) is 0. The molecule has 0 saturated carbocycles. The molecule has 112 valence electrons. The van der Waals surface area contributed by atoms with Crippen molar-refractivity contribution in [2.45, 2.75) is 66.2 Å². The van der Waals surface area contributed by atoms with Gasteiger partial charge in [-0.15, -0.1) is 0 Å². The molecule has 2 nitrogen and oxygen atoms in total. The second-order valence-corrected chi connectivity index (χ2v) is 6.46. The van der Waals surface area contributed by atoms with Crippen LogP contribution in [0.5, 0.6) is 0 Å². The van der Waals surface area contributed by atoms with Crippen LogP contribution in [0.4, 0.5) is 0 Å². The van der Waals surface area contributed by atoms with Gasteiger partial charge in [-0.1, -0.05) is 12.8 Å². The van der Waals surface area contributed by atoms with E-state index in [2.05, 4.69) is 27.7 Å². The number of benzene rings is 1. The Bertz CT molecular complexity index is 766. The third kappa shape index (κ3) is 2.21. The van der Waals surface area contributed by atoms with Gasteiger partial charge < -0.3 is 4.42 Å². The minimum Gasteiger partial charge on any atom is -0.422 e. The van der Waals surface area contributed by atoms with E-state index in [1.54, 1.807) is 0 Å². The van der Waals surface area contributed by atoms with E-state index in [0.29, 0.717) is 0 Å². The molecule has 0 spiro atoms. The molecule has 21 heavy (non-hydrogen) atoms. The third-order valence-electron chi connectivity index (χ3n) is 5.34. The van der Waals surface area contributed by atoms with Crippen molar-refractivity contribution in [2.24, 2.45) is 0 Å². The van der Waals surface area contributed by atoms with E-state index in [1.807, 2.05) is 0 Å². The van der Waals surface area contributed by atoms with Crippen LogP contribution in [0.3, 0.4) is 0 Å². The van der Waals surface area contributed by atoms with E-state index in [9.17, 15) is 4.79 Å². The van der Waals surface area contributed by atoms with E-state index in [-0.39, 0.29) is 5.63 Å². The van der Waals surface area contributed by atoms with E-state index in [1.165, 1.54) is 46.9 Å². The fraction of sp³-hybridized carbons (Fsp3) is 0.526. The van der Waals surface area contributed by atoms with Crippen LogP contribution < -0.4 is 5.63 Å². The first-order chi connectivity index (χ1) is 10.0. The SMILES string of the molecule is Cc1c(C)c(C)c2c3c(c(=O)oc2c1C)CCCCCC3. The standard InChI is InChI=1S/C19H24O2/c1-11-12(2)14(4)18-17(13(11)3)15-9-7-5-6-8-10-16(15)19(20)21-18/h5-10H2,1-4H3. The Morgan fingerprint density at radius 3 is 1.95 bits per heavy atom. The molecule has 1 aliphatic carbocycles. The van der Waals surface area contributed by atoms with E-state index in [4.69, 9.17) is 4.42 Å². The van der Waals surface area contributed by atoms with Crippen LogP contribution in [0, 0.1) is 27.7 Å². The normalized spacial score (nSPS) is 15.6. The summed E-state index contributed by atoms with van der Waals surface area (Å²) in [5.41, 5.74) is 7.90. The van der Waals surface area contributed by atoms with Gasteiger partial charge >= 0.3 is 5.63 Å². The van der Waals surface area contributed by atoms with Gasteiger partial charge in [0.1, 0.15) is 5.58 Å². The first-order valence-corrected chi connectivity index (χ1v) is 8.07. The van der Waals surface area contributed by atoms with Crippen LogP contribution in [-0.2, 0) is 12.8 Å². The molecule has 1 aromatic carbocycles. The molecule has 3 rings (SSSR count). The van der Waals surface area contributed by atoms with Gasteiger partial charge in [0.15, 0.2) is 0 Å². The van der Waals surface area contributed by atoms with Crippen LogP contribution in [0.1, 0.15) is 59.1 Å². The zero-order valence-corrected chi connectivity index (χ0v) is 13.6. The second kappa shape index (κ2) is 5.32. The van der Waals surface area contributed by atoms with E-state index < -0.39 is 0 Å². The van der Waals surface area contributed by atoms with Gasteiger partial charge in [0.05, 0.1) is 0 Å². The highest BCUT2D eigenvalue weighted by atomic mass is 16.4. The summed E-state index contributed by atoms with van der Waals surface area (Å²) in [7, 11) is 0. The van der Waals surface area contributed by atoms with Gasteiger partial charge in [-0.3, -0.25) is 0 Å². The molecule has 0 aliphatic heterocycles. The minimum absolute atomic E-state index is 0.106. The molecule has 1 aliphatic rings. The molecule has 0 saturated heterocycles. The van der Waals surface area contributed by atoms with Gasteiger partial charge in [-0.2, -0.15) is 0 Å². The maximum Gasteiger partial charge on any atom is 0.339 e. The number of rotatable bonds is 0. The summed E-state index contributed by atoms with van der Waals surface area (Å²) >= 11 is 0. The Kier molecular flexibility index (Phi) is 3.64. The molecule has 1 aromatic heterocycles.